The molecule has 0 radical (unpaired) electrons. The number of nitro groups is 1. The number of hydrogen-bond donors (Lipinski definition) is 2. The zero-order valence-electron chi connectivity index (χ0n) is 9.86. The predicted molar refractivity (Wildman–Crippen MR) is 62.9 cm³/mol. The lowest BCUT2D eigenvalue weighted by atomic mass is 10.2. The SMILES string of the molecule is O=C([O-])/C=C/C(=O)NNC(=O)c1ccc([N+](=O)[O-])cc1. The number of hydrazine groups is 1. The van der Waals surface area contributed by atoms with Crippen LogP contribution in [0.3, 0.4) is 0 Å². The predicted octanol–water partition coefficient (Wildman–Crippen LogP) is -1.34. The smallest absolute Gasteiger partial charge is 0.269 e. The summed E-state index contributed by atoms with van der Waals surface area (Å²) in [6.45, 7) is 0. The summed E-state index contributed by atoms with van der Waals surface area (Å²) in [5, 5.41) is 20.4. The zero-order valence-corrected chi connectivity index (χ0v) is 9.86. The van der Waals surface area contributed by atoms with Gasteiger partial charge >= 0.3 is 0 Å². The molecule has 20 heavy (non-hydrogen) atoms. The van der Waals surface area contributed by atoms with Crippen LogP contribution in [0.4, 0.5) is 5.69 Å². The summed E-state index contributed by atoms with van der Waals surface area (Å²) in [6.07, 6.45) is 1.15. The number of carbonyl (C=O) groups is 3. The number of non-ortho nitro benzene ring substituents is 1. The molecule has 0 heterocycles. The van der Waals surface area contributed by atoms with E-state index < -0.39 is 22.7 Å². The highest BCUT2D eigenvalue weighted by Gasteiger charge is 2.09. The van der Waals surface area contributed by atoms with Gasteiger partial charge in [-0.1, -0.05) is 0 Å². The van der Waals surface area contributed by atoms with Crippen LogP contribution in [0, 0.1) is 10.1 Å². The van der Waals surface area contributed by atoms with E-state index >= 15 is 0 Å². The first-order valence-electron chi connectivity index (χ1n) is 5.14. The van der Waals surface area contributed by atoms with Crippen LogP contribution < -0.4 is 16.0 Å². The van der Waals surface area contributed by atoms with Gasteiger partial charge in [0.05, 0.1) is 10.9 Å². The average Bonchev–Trinajstić information content (AvgIpc) is 2.42. The first-order chi connectivity index (χ1) is 9.40. The van der Waals surface area contributed by atoms with Crippen molar-refractivity contribution in [1.29, 1.82) is 0 Å². The van der Waals surface area contributed by atoms with E-state index in [1.165, 1.54) is 12.1 Å². The third-order valence-corrected chi connectivity index (χ3v) is 2.01. The molecule has 1 rings (SSSR count). The van der Waals surface area contributed by atoms with Gasteiger partial charge < -0.3 is 9.90 Å². The molecular weight excluding hydrogens is 270 g/mol. The number of nitro benzene ring substituents is 1. The fourth-order valence-electron chi connectivity index (χ4n) is 1.11. The highest BCUT2D eigenvalue weighted by atomic mass is 16.6. The quantitative estimate of drug-likeness (QED) is 0.396. The molecule has 1 aromatic rings. The second kappa shape index (κ2) is 6.64. The van der Waals surface area contributed by atoms with Crippen molar-refractivity contribution < 1.29 is 24.4 Å². The molecule has 0 aromatic heterocycles. The molecule has 2 N–H and O–H groups in total. The van der Waals surface area contributed by atoms with Crippen molar-refractivity contribution in [2.75, 3.05) is 0 Å². The van der Waals surface area contributed by atoms with Crippen molar-refractivity contribution in [2.24, 2.45) is 0 Å². The summed E-state index contributed by atoms with van der Waals surface area (Å²) in [5.41, 5.74) is 3.83. The minimum atomic E-state index is -1.55. The molecule has 0 aliphatic carbocycles. The van der Waals surface area contributed by atoms with Gasteiger partial charge in [-0.05, 0) is 18.2 Å². The van der Waals surface area contributed by atoms with Gasteiger partial charge in [-0.15, -0.1) is 0 Å². The number of hydrogen-bond acceptors (Lipinski definition) is 6. The lowest BCUT2D eigenvalue weighted by Crippen LogP contribution is -2.40. The van der Waals surface area contributed by atoms with Gasteiger partial charge in [-0.3, -0.25) is 30.6 Å². The van der Waals surface area contributed by atoms with Gasteiger partial charge in [0.2, 0.25) is 0 Å². The third-order valence-electron chi connectivity index (χ3n) is 2.01. The molecule has 0 fully saturated rings. The molecule has 1 aromatic carbocycles. The molecule has 0 unspecified atom stereocenters. The molecular formula is C11H8N3O6-. The van der Waals surface area contributed by atoms with Gasteiger partial charge in [-0.25, -0.2) is 0 Å². The number of amides is 2. The molecule has 0 aliphatic heterocycles. The fourth-order valence-corrected chi connectivity index (χ4v) is 1.11. The maximum atomic E-state index is 11.5. The molecule has 0 bridgehead atoms. The largest absolute Gasteiger partial charge is 0.545 e. The Kier molecular flexibility index (Phi) is 4.92. The molecule has 104 valence electrons. The molecule has 0 saturated carbocycles. The van der Waals surface area contributed by atoms with Crippen LogP contribution in [-0.4, -0.2) is 22.7 Å². The van der Waals surface area contributed by atoms with E-state index in [2.05, 4.69) is 0 Å². The van der Waals surface area contributed by atoms with Crippen molar-refractivity contribution in [3.8, 4) is 0 Å². The highest BCUT2D eigenvalue weighted by Crippen LogP contribution is 2.11. The lowest BCUT2D eigenvalue weighted by Gasteiger charge is -2.05. The maximum absolute atomic E-state index is 11.5. The third kappa shape index (κ3) is 4.56. The van der Waals surface area contributed by atoms with Gasteiger partial charge in [0.15, 0.2) is 0 Å². The highest BCUT2D eigenvalue weighted by molar-refractivity contribution is 5.98. The summed E-state index contributed by atoms with van der Waals surface area (Å²) >= 11 is 0. The van der Waals surface area contributed by atoms with Crippen LogP contribution in [0.25, 0.3) is 0 Å². The normalized spacial score (nSPS) is 10.0. The van der Waals surface area contributed by atoms with Crippen LogP contribution in [0.15, 0.2) is 36.4 Å². The first-order valence-corrected chi connectivity index (χ1v) is 5.14. The molecule has 0 spiro atoms. The Morgan fingerprint density at radius 2 is 1.65 bits per heavy atom. The Bertz CT molecular complexity index is 578. The first kappa shape index (κ1) is 14.8. The zero-order chi connectivity index (χ0) is 15.1. The molecule has 2 amide bonds. The van der Waals surface area contributed by atoms with Gasteiger partial charge in [0.25, 0.3) is 17.5 Å². The van der Waals surface area contributed by atoms with Crippen LogP contribution >= 0.6 is 0 Å². The maximum Gasteiger partial charge on any atom is 0.269 e. The Morgan fingerprint density at radius 1 is 1.05 bits per heavy atom. The van der Waals surface area contributed by atoms with Crippen LogP contribution in [0.5, 0.6) is 0 Å². The summed E-state index contributed by atoms with van der Waals surface area (Å²) in [5.74, 6) is -3.14. The summed E-state index contributed by atoms with van der Waals surface area (Å²) in [7, 11) is 0. The van der Waals surface area contributed by atoms with Crippen molar-refractivity contribution in [3.05, 3.63) is 52.1 Å². The number of carboxylic acids is 1. The fraction of sp³-hybridized carbons (Fsp3) is 0. The number of carboxylic acid groups (broad SMARTS) is 1. The Balaban J connectivity index is 2.57. The van der Waals surface area contributed by atoms with Crippen molar-refractivity contribution in [1.82, 2.24) is 10.9 Å². The second-order valence-corrected chi connectivity index (χ2v) is 3.40. The monoisotopic (exact) mass is 278 g/mol. The Morgan fingerprint density at radius 3 is 2.15 bits per heavy atom. The van der Waals surface area contributed by atoms with Crippen molar-refractivity contribution in [3.63, 3.8) is 0 Å². The summed E-state index contributed by atoms with van der Waals surface area (Å²) in [6, 6.07) is 4.67. The van der Waals surface area contributed by atoms with Crippen molar-refractivity contribution >= 4 is 23.5 Å². The van der Waals surface area contributed by atoms with Crippen LogP contribution in [-0.2, 0) is 9.59 Å². The van der Waals surface area contributed by atoms with Gasteiger partial charge in [0.1, 0.15) is 0 Å². The average molecular weight is 278 g/mol. The molecule has 0 saturated heterocycles. The van der Waals surface area contributed by atoms with E-state index in [9.17, 15) is 29.6 Å². The summed E-state index contributed by atoms with van der Waals surface area (Å²) < 4.78 is 0. The molecule has 0 atom stereocenters. The molecule has 9 heteroatoms. The number of nitrogens with one attached hydrogen (secondary N) is 2. The number of aliphatic carboxylic acids is 1. The van der Waals surface area contributed by atoms with E-state index in [1.807, 2.05) is 10.9 Å². The number of rotatable bonds is 4. The molecule has 0 aliphatic rings. The number of benzene rings is 1. The van der Waals surface area contributed by atoms with E-state index in [0.29, 0.717) is 12.2 Å². The second-order valence-electron chi connectivity index (χ2n) is 3.40. The topological polar surface area (TPSA) is 141 Å². The van der Waals surface area contributed by atoms with E-state index in [0.717, 1.165) is 12.1 Å². The van der Waals surface area contributed by atoms with E-state index in [-0.39, 0.29) is 11.3 Å². The van der Waals surface area contributed by atoms with Crippen LogP contribution in [0.1, 0.15) is 10.4 Å². The number of nitrogens with zero attached hydrogens (tertiary/aromatic N) is 1. The van der Waals surface area contributed by atoms with Gasteiger partial charge in [-0.2, -0.15) is 0 Å². The van der Waals surface area contributed by atoms with Crippen LogP contribution in [0.2, 0.25) is 0 Å². The lowest BCUT2D eigenvalue weighted by molar-refractivity contribution is -0.384. The number of carbonyl (C=O) groups excluding carboxylic acids is 3. The summed E-state index contributed by atoms with van der Waals surface area (Å²) in [4.78, 5) is 42.4. The standard InChI is InChI=1S/C11H9N3O6/c15-9(5-6-10(16)17)12-13-11(18)7-1-3-8(4-2-7)14(19)20/h1-6H,(H,12,15)(H,13,18)(H,16,17)/p-1/b6-5+. The molecule has 9 nitrogen and oxygen atoms in total. The van der Waals surface area contributed by atoms with Crippen molar-refractivity contribution in [2.45, 2.75) is 0 Å². The van der Waals surface area contributed by atoms with E-state index in [1.54, 1.807) is 0 Å². The van der Waals surface area contributed by atoms with Gasteiger partial charge in [0, 0.05) is 23.8 Å². The van der Waals surface area contributed by atoms with E-state index in [4.69, 9.17) is 0 Å². The minimum Gasteiger partial charge on any atom is -0.545 e. The Hall–Kier alpha value is -3.23. The minimum absolute atomic E-state index is 0.0831. The Labute approximate surface area is 112 Å².